The molecule has 0 fully saturated rings. The summed E-state index contributed by atoms with van der Waals surface area (Å²) in [4.78, 5) is 4.36. The molecule has 0 saturated heterocycles. The maximum Gasteiger partial charge on any atom is 0.222 e. The molecule has 0 unspecified atom stereocenters. The summed E-state index contributed by atoms with van der Waals surface area (Å²) in [7, 11) is 1.68. The van der Waals surface area contributed by atoms with E-state index in [0.29, 0.717) is 0 Å². The van der Waals surface area contributed by atoms with Crippen LogP contribution in [0.15, 0.2) is 60.9 Å². The van der Waals surface area contributed by atoms with Gasteiger partial charge in [-0.05, 0) is 29.7 Å². The Morgan fingerprint density at radius 3 is 2.57 bits per heavy atom. The van der Waals surface area contributed by atoms with Crippen LogP contribution in [0.1, 0.15) is 29.6 Å². The van der Waals surface area contributed by atoms with E-state index < -0.39 is 0 Å². The van der Waals surface area contributed by atoms with Gasteiger partial charge in [0, 0.05) is 0 Å². The summed E-state index contributed by atoms with van der Waals surface area (Å²) in [6, 6.07) is 19.0. The van der Waals surface area contributed by atoms with Gasteiger partial charge in [-0.1, -0.05) is 42.5 Å². The fraction of sp³-hybridized carbons (Fsp3) is 0.222. The maximum absolute atomic E-state index is 5.25. The third kappa shape index (κ3) is 2.54. The predicted octanol–water partition coefficient (Wildman–Crippen LogP) is 3.43. The van der Waals surface area contributed by atoms with Gasteiger partial charge in [0.2, 0.25) is 5.95 Å². The van der Waals surface area contributed by atoms with Gasteiger partial charge in [0.1, 0.15) is 12.1 Å². The first-order chi connectivity index (χ1) is 11.3. The highest BCUT2D eigenvalue weighted by molar-refractivity contribution is 5.39. The zero-order chi connectivity index (χ0) is 15.6. The lowest BCUT2D eigenvalue weighted by atomic mass is 9.93. The highest BCUT2D eigenvalue weighted by atomic mass is 16.5. The molecule has 2 aromatic carbocycles. The Morgan fingerprint density at radius 2 is 1.83 bits per heavy atom. The summed E-state index contributed by atoms with van der Waals surface area (Å²) in [6.45, 7) is 0. The summed E-state index contributed by atoms with van der Waals surface area (Å²) < 4.78 is 7.21. The zero-order valence-corrected chi connectivity index (χ0v) is 12.9. The van der Waals surface area contributed by atoms with Crippen LogP contribution < -0.4 is 10.1 Å². The predicted molar refractivity (Wildman–Crippen MR) is 88.6 cm³/mol. The van der Waals surface area contributed by atoms with Crippen molar-refractivity contribution in [3.8, 4) is 5.75 Å². The number of ether oxygens (including phenoxy) is 1. The zero-order valence-electron chi connectivity index (χ0n) is 12.9. The summed E-state index contributed by atoms with van der Waals surface area (Å²) in [5.74, 6) is 1.67. The first-order valence-electron chi connectivity index (χ1n) is 7.70. The maximum atomic E-state index is 5.25. The Balaban J connectivity index is 1.70. The van der Waals surface area contributed by atoms with E-state index in [1.54, 1.807) is 13.4 Å². The average molecular weight is 306 g/mol. The van der Waals surface area contributed by atoms with Crippen molar-refractivity contribution in [3.63, 3.8) is 0 Å². The monoisotopic (exact) mass is 306 g/mol. The lowest BCUT2D eigenvalue weighted by molar-refractivity contribution is 0.411. The van der Waals surface area contributed by atoms with Crippen molar-refractivity contribution in [1.29, 1.82) is 0 Å². The SMILES string of the molecule is COc1ccc([C@H]2C[C@@H](c3ccccc3)Nc3ncnn32)cc1. The van der Waals surface area contributed by atoms with E-state index in [1.807, 2.05) is 22.9 Å². The first kappa shape index (κ1) is 13.8. The number of benzene rings is 2. The molecule has 0 saturated carbocycles. The summed E-state index contributed by atoms with van der Waals surface area (Å²) in [5, 5.41) is 7.88. The third-order valence-corrected chi connectivity index (χ3v) is 4.33. The molecular formula is C18H18N4O. The van der Waals surface area contributed by atoms with Crippen molar-refractivity contribution in [2.75, 3.05) is 12.4 Å². The minimum absolute atomic E-state index is 0.157. The number of nitrogens with one attached hydrogen (secondary N) is 1. The minimum Gasteiger partial charge on any atom is -0.497 e. The molecule has 5 nitrogen and oxygen atoms in total. The molecule has 0 bridgehead atoms. The Labute approximate surface area is 134 Å². The van der Waals surface area contributed by atoms with Crippen LogP contribution in [-0.2, 0) is 0 Å². The molecular weight excluding hydrogens is 288 g/mol. The molecule has 1 aliphatic heterocycles. The molecule has 0 amide bonds. The number of nitrogens with zero attached hydrogens (tertiary/aromatic N) is 3. The molecule has 1 N–H and O–H groups in total. The van der Waals surface area contributed by atoms with Crippen molar-refractivity contribution in [3.05, 3.63) is 72.1 Å². The van der Waals surface area contributed by atoms with Crippen LogP contribution in [0.25, 0.3) is 0 Å². The van der Waals surface area contributed by atoms with E-state index in [-0.39, 0.29) is 12.1 Å². The van der Waals surface area contributed by atoms with E-state index in [1.165, 1.54) is 11.1 Å². The van der Waals surface area contributed by atoms with Crippen molar-refractivity contribution in [2.45, 2.75) is 18.5 Å². The van der Waals surface area contributed by atoms with Crippen LogP contribution in [0.4, 0.5) is 5.95 Å². The molecule has 1 aromatic heterocycles. The molecule has 2 heterocycles. The van der Waals surface area contributed by atoms with E-state index in [9.17, 15) is 0 Å². The molecule has 116 valence electrons. The van der Waals surface area contributed by atoms with Crippen LogP contribution in [0.5, 0.6) is 5.75 Å². The molecule has 4 rings (SSSR count). The number of anilines is 1. The van der Waals surface area contributed by atoms with Crippen LogP contribution in [-0.4, -0.2) is 21.9 Å². The highest BCUT2D eigenvalue weighted by Crippen LogP contribution is 2.37. The van der Waals surface area contributed by atoms with Gasteiger partial charge in [0.05, 0.1) is 19.2 Å². The number of methoxy groups -OCH3 is 1. The second-order valence-corrected chi connectivity index (χ2v) is 5.66. The van der Waals surface area contributed by atoms with Gasteiger partial charge < -0.3 is 10.1 Å². The summed E-state index contributed by atoms with van der Waals surface area (Å²) in [5.41, 5.74) is 2.47. The molecule has 3 aromatic rings. The number of aromatic nitrogens is 3. The molecule has 1 aliphatic rings. The third-order valence-electron chi connectivity index (χ3n) is 4.33. The number of hydrogen-bond acceptors (Lipinski definition) is 4. The first-order valence-corrected chi connectivity index (χ1v) is 7.70. The van der Waals surface area contributed by atoms with Crippen LogP contribution >= 0.6 is 0 Å². The molecule has 0 aliphatic carbocycles. The summed E-state index contributed by atoms with van der Waals surface area (Å²) in [6.07, 6.45) is 2.53. The van der Waals surface area contributed by atoms with Crippen LogP contribution in [0.2, 0.25) is 0 Å². The largest absolute Gasteiger partial charge is 0.497 e. The Bertz CT molecular complexity index is 782. The Hall–Kier alpha value is -2.82. The van der Waals surface area contributed by atoms with E-state index in [2.05, 4.69) is 51.8 Å². The van der Waals surface area contributed by atoms with Crippen molar-refractivity contribution in [2.24, 2.45) is 0 Å². The molecule has 0 spiro atoms. The minimum atomic E-state index is 0.157. The molecule has 0 radical (unpaired) electrons. The van der Waals surface area contributed by atoms with Gasteiger partial charge >= 0.3 is 0 Å². The lowest BCUT2D eigenvalue weighted by Gasteiger charge is -2.31. The Morgan fingerprint density at radius 1 is 1.04 bits per heavy atom. The number of rotatable bonds is 3. The van der Waals surface area contributed by atoms with Gasteiger partial charge in [0.25, 0.3) is 0 Å². The second kappa shape index (κ2) is 5.76. The second-order valence-electron chi connectivity index (χ2n) is 5.66. The highest BCUT2D eigenvalue weighted by Gasteiger charge is 2.29. The number of hydrogen-bond donors (Lipinski definition) is 1. The topological polar surface area (TPSA) is 52.0 Å². The fourth-order valence-corrected chi connectivity index (χ4v) is 3.13. The number of fused-ring (bicyclic) bond motifs is 1. The van der Waals surface area contributed by atoms with Gasteiger partial charge in [-0.15, -0.1) is 0 Å². The average Bonchev–Trinajstić information content (AvgIpc) is 3.10. The lowest BCUT2D eigenvalue weighted by Crippen LogP contribution is -2.28. The Kier molecular flexibility index (Phi) is 3.46. The fourth-order valence-electron chi connectivity index (χ4n) is 3.13. The normalized spacial score (nSPS) is 19.7. The van der Waals surface area contributed by atoms with Gasteiger partial charge in [-0.3, -0.25) is 0 Å². The van der Waals surface area contributed by atoms with Gasteiger partial charge in [-0.2, -0.15) is 10.1 Å². The molecule has 23 heavy (non-hydrogen) atoms. The van der Waals surface area contributed by atoms with E-state index >= 15 is 0 Å². The summed E-state index contributed by atoms with van der Waals surface area (Å²) >= 11 is 0. The smallest absolute Gasteiger partial charge is 0.222 e. The van der Waals surface area contributed by atoms with Gasteiger partial charge in [-0.25, -0.2) is 4.68 Å². The van der Waals surface area contributed by atoms with E-state index in [0.717, 1.165) is 18.1 Å². The van der Waals surface area contributed by atoms with E-state index in [4.69, 9.17) is 4.74 Å². The standard InChI is InChI=1S/C18H18N4O/c1-23-15-9-7-14(8-10-15)17-11-16(13-5-3-2-4-6-13)21-18-19-12-20-22(17)18/h2-10,12,16-17H,11H2,1H3,(H,19,20,21)/t16-,17+/m0/s1. The van der Waals surface area contributed by atoms with Crippen LogP contribution in [0.3, 0.4) is 0 Å². The van der Waals surface area contributed by atoms with Gasteiger partial charge in [0.15, 0.2) is 0 Å². The van der Waals surface area contributed by atoms with Crippen LogP contribution in [0, 0.1) is 0 Å². The molecule has 5 heteroatoms. The van der Waals surface area contributed by atoms with Crippen molar-refractivity contribution in [1.82, 2.24) is 14.8 Å². The van der Waals surface area contributed by atoms with Crippen molar-refractivity contribution >= 4 is 5.95 Å². The molecule has 2 atom stereocenters. The quantitative estimate of drug-likeness (QED) is 0.805. The van der Waals surface area contributed by atoms with Crippen molar-refractivity contribution < 1.29 is 4.74 Å².